The van der Waals surface area contributed by atoms with Gasteiger partial charge in [0.05, 0.1) is 36.5 Å². The van der Waals surface area contributed by atoms with Crippen molar-refractivity contribution in [2.45, 2.75) is 31.2 Å². The lowest BCUT2D eigenvalue weighted by molar-refractivity contribution is 0.403. The fourth-order valence-corrected chi connectivity index (χ4v) is 3.43. The van der Waals surface area contributed by atoms with Crippen molar-refractivity contribution in [2.75, 3.05) is 25.5 Å². The summed E-state index contributed by atoms with van der Waals surface area (Å²) in [4.78, 5) is 13.9. The first-order valence-corrected chi connectivity index (χ1v) is 9.05. The summed E-state index contributed by atoms with van der Waals surface area (Å²) >= 11 is 0. The van der Waals surface area contributed by atoms with Crippen LogP contribution in [0.15, 0.2) is 24.7 Å². The third-order valence-corrected chi connectivity index (χ3v) is 5.00. The standard InChI is InChI=1S/C18H21N7O/c1-26-15-10-25-17(24-16(15)11-2-3-11)13(9-21-25)14-5-7-20-18(23-14)22-12-4-6-19-8-12/h5,7,9-12,19H,2-4,6,8H2,1H3,(H,20,22,23). The Kier molecular flexibility index (Phi) is 3.70. The minimum atomic E-state index is 0.373. The summed E-state index contributed by atoms with van der Waals surface area (Å²) in [7, 11) is 1.68. The normalized spacial score (nSPS) is 19.8. The van der Waals surface area contributed by atoms with E-state index < -0.39 is 0 Å². The second-order valence-corrected chi connectivity index (χ2v) is 6.89. The zero-order chi connectivity index (χ0) is 17.5. The molecule has 2 fully saturated rings. The van der Waals surface area contributed by atoms with Gasteiger partial charge in [-0.1, -0.05) is 0 Å². The number of nitrogens with one attached hydrogen (secondary N) is 2. The van der Waals surface area contributed by atoms with E-state index in [9.17, 15) is 0 Å². The second kappa shape index (κ2) is 6.21. The third kappa shape index (κ3) is 2.76. The fourth-order valence-electron chi connectivity index (χ4n) is 3.43. The summed E-state index contributed by atoms with van der Waals surface area (Å²) in [6.45, 7) is 1.97. The molecule has 0 amide bonds. The van der Waals surface area contributed by atoms with Gasteiger partial charge in [-0.25, -0.2) is 19.5 Å². The quantitative estimate of drug-likeness (QED) is 0.725. The maximum Gasteiger partial charge on any atom is 0.223 e. The van der Waals surface area contributed by atoms with Crippen LogP contribution in [0.5, 0.6) is 5.75 Å². The molecule has 1 aliphatic heterocycles. The van der Waals surface area contributed by atoms with E-state index in [-0.39, 0.29) is 0 Å². The van der Waals surface area contributed by atoms with Crippen molar-refractivity contribution in [3.8, 4) is 17.0 Å². The minimum Gasteiger partial charge on any atom is -0.493 e. The molecule has 3 aromatic heterocycles. The molecule has 1 saturated heterocycles. The number of methoxy groups -OCH3 is 1. The van der Waals surface area contributed by atoms with Crippen LogP contribution in [0.25, 0.3) is 16.9 Å². The molecule has 26 heavy (non-hydrogen) atoms. The van der Waals surface area contributed by atoms with Gasteiger partial charge in [0.15, 0.2) is 11.4 Å². The molecule has 0 aromatic carbocycles. The molecule has 0 spiro atoms. The molecular weight excluding hydrogens is 330 g/mol. The number of aromatic nitrogens is 5. The van der Waals surface area contributed by atoms with Gasteiger partial charge in [-0.2, -0.15) is 5.10 Å². The molecule has 0 bridgehead atoms. The van der Waals surface area contributed by atoms with Gasteiger partial charge in [0, 0.05) is 24.7 Å². The number of hydrogen-bond donors (Lipinski definition) is 2. The van der Waals surface area contributed by atoms with Crippen LogP contribution in [0.2, 0.25) is 0 Å². The Balaban J connectivity index is 1.53. The van der Waals surface area contributed by atoms with Gasteiger partial charge in [-0.05, 0) is 31.9 Å². The average Bonchev–Trinajstić information content (AvgIpc) is 3.23. The number of hydrogen-bond acceptors (Lipinski definition) is 7. The fraction of sp³-hybridized carbons (Fsp3) is 0.444. The van der Waals surface area contributed by atoms with Gasteiger partial charge < -0.3 is 15.4 Å². The van der Waals surface area contributed by atoms with Crippen molar-refractivity contribution in [3.05, 3.63) is 30.4 Å². The van der Waals surface area contributed by atoms with Gasteiger partial charge in [0.1, 0.15) is 0 Å². The lowest BCUT2D eigenvalue weighted by Gasteiger charge is -2.11. The van der Waals surface area contributed by atoms with Gasteiger partial charge in [0.2, 0.25) is 5.95 Å². The van der Waals surface area contributed by atoms with Crippen LogP contribution in [0.4, 0.5) is 5.95 Å². The van der Waals surface area contributed by atoms with Crippen molar-refractivity contribution >= 4 is 11.6 Å². The van der Waals surface area contributed by atoms with E-state index in [0.29, 0.717) is 17.9 Å². The van der Waals surface area contributed by atoms with Crippen LogP contribution in [0, 0.1) is 0 Å². The Morgan fingerprint density at radius 1 is 1.27 bits per heavy atom. The Labute approximate surface area is 151 Å². The minimum absolute atomic E-state index is 0.373. The highest BCUT2D eigenvalue weighted by molar-refractivity contribution is 5.75. The Bertz CT molecular complexity index is 944. The van der Waals surface area contributed by atoms with Crippen molar-refractivity contribution in [3.63, 3.8) is 0 Å². The lowest BCUT2D eigenvalue weighted by Crippen LogP contribution is -2.23. The summed E-state index contributed by atoms with van der Waals surface area (Å²) in [6, 6.07) is 2.27. The molecule has 8 heteroatoms. The highest BCUT2D eigenvalue weighted by Crippen LogP contribution is 2.43. The Morgan fingerprint density at radius 3 is 2.96 bits per heavy atom. The average molecular weight is 351 g/mol. The lowest BCUT2D eigenvalue weighted by atomic mass is 10.2. The van der Waals surface area contributed by atoms with Gasteiger partial charge in [0.25, 0.3) is 0 Å². The zero-order valence-electron chi connectivity index (χ0n) is 14.6. The number of rotatable bonds is 5. The monoisotopic (exact) mass is 351 g/mol. The first kappa shape index (κ1) is 15.5. The molecule has 8 nitrogen and oxygen atoms in total. The largest absolute Gasteiger partial charge is 0.493 e. The van der Waals surface area contributed by atoms with Crippen molar-refractivity contribution in [2.24, 2.45) is 0 Å². The molecule has 2 N–H and O–H groups in total. The van der Waals surface area contributed by atoms with E-state index in [2.05, 4.69) is 25.7 Å². The topological polar surface area (TPSA) is 89.3 Å². The van der Waals surface area contributed by atoms with E-state index >= 15 is 0 Å². The summed E-state index contributed by atoms with van der Waals surface area (Å²) in [6.07, 6.45) is 8.91. The van der Waals surface area contributed by atoms with Crippen LogP contribution in [-0.4, -0.2) is 50.8 Å². The number of fused-ring (bicyclic) bond motifs is 1. The second-order valence-electron chi connectivity index (χ2n) is 6.89. The first-order valence-electron chi connectivity index (χ1n) is 9.05. The van der Waals surface area contributed by atoms with Crippen molar-refractivity contribution in [1.82, 2.24) is 29.9 Å². The van der Waals surface area contributed by atoms with Gasteiger partial charge >= 0.3 is 0 Å². The molecule has 3 aromatic rings. The van der Waals surface area contributed by atoms with Crippen molar-refractivity contribution in [1.29, 1.82) is 0 Å². The van der Waals surface area contributed by atoms with E-state index in [1.807, 2.05) is 18.5 Å². The molecule has 4 heterocycles. The smallest absolute Gasteiger partial charge is 0.223 e. The number of ether oxygens (including phenoxy) is 1. The maximum absolute atomic E-state index is 5.50. The number of anilines is 1. The summed E-state index contributed by atoms with van der Waals surface area (Å²) in [5.74, 6) is 1.94. The van der Waals surface area contributed by atoms with Crippen LogP contribution in [0.1, 0.15) is 30.9 Å². The van der Waals surface area contributed by atoms with Crippen LogP contribution < -0.4 is 15.4 Å². The molecular formula is C18H21N7O. The molecule has 5 rings (SSSR count). The predicted molar refractivity (Wildman–Crippen MR) is 97.4 cm³/mol. The molecule has 2 aliphatic rings. The molecule has 1 saturated carbocycles. The van der Waals surface area contributed by atoms with E-state index in [1.165, 1.54) is 12.8 Å². The number of nitrogens with zero attached hydrogens (tertiary/aromatic N) is 5. The highest BCUT2D eigenvalue weighted by atomic mass is 16.5. The third-order valence-electron chi connectivity index (χ3n) is 5.00. The summed E-state index contributed by atoms with van der Waals surface area (Å²) < 4.78 is 7.26. The maximum atomic E-state index is 5.50. The predicted octanol–water partition coefficient (Wildman–Crippen LogP) is 1.85. The van der Waals surface area contributed by atoms with E-state index in [0.717, 1.165) is 47.9 Å². The van der Waals surface area contributed by atoms with E-state index in [1.54, 1.807) is 17.8 Å². The first-order chi connectivity index (χ1) is 12.8. The van der Waals surface area contributed by atoms with Crippen molar-refractivity contribution < 1.29 is 4.74 Å². The summed E-state index contributed by atoms with van der Waals surface area (Å²) in [5, 5.41) is 11.2. The van der Waals surface area contributed by atoms with Gasteiger partial charge in [-0.15, -0.1) is 0 Å². The molecule has 1 aliphatic carbocycles. The van der Waals surface area contributed by atoms with Crippen LogP contribution in [-0.2, 0) is 0 Å². The molecule has 1 unspecified atom stereocenters. The molecule has 0 radical (unpaired) electrons. The zero-order valence-corrected chi connectivity index (χ0v) is 14.6. The molecule has 1 atom stereocenters. The van der Waals surface area contributed by atoms with Crippen LogP contribution in [0.3, 0.4) is 0 Å². The SMILES string of the molecule is COc1cn2ncc(-c3ccnc(NC4CCNC4)n3)c2nc1C1CC1. The Hall–Kier alpha value is -2.74. The van der Waals surface area contributed by atoms with E-state index in [4.69, 9.17) is 9.72 Å². The highest BCUT2D eigenvalue weighted by Gasteiger charge is 2.29. The van der Waals surface area contributed by atoms with Gasteiger partial charge in [-0.3, -0.25) is 0 Å². The molecule has 134 valence electrons. The summed E-state index contributed by atoms with van der Waals surface area (Å²) in [5.41, 5.74) is 3.55. The Morgan fingerprint density at radius 2 is 2.19 bits per heavy atom. The van der Waals surface area contributed by atoms with Crippen LogP contribution >= 0.6 is 0 Å².